The minimum atomic E-state index is -0.439. The van der Waals surface area contributed by atoms with E-state index in [1.807, 2.05) is 0 Å². The van der Waals surface area contributed by atoms with Crippen molar-refractivity contribution in [1.82, 2.24) is 4.37 Å². The standard InChI is InChI=1S/C12H19N3O3S/c1-12(18-3)5-4-6-15(7-12)10-8(11(16)17-2)9(13)14-19-10/h4-7H2,1-3H3,(H2,13,14). The fourth-order valence-electron chi connectivity index (χ4n) is 2.35. The summed E-state index contributed by atoms with van der Waals surface area (Å²) in [4.78, 5) is 13.9. The molecule has 106 valence electrons. The van der Waals surface area contributed by atoms with Crippen LogP contribution in [0, 0.1) is 0 Å². The third kappa shape index (κ3) is 2.66. The molecule has 1 atom stereocenters. The van der Waals surface area contributed by atoms with Crippen LogP contribution in [0.4, 0.5) is 10.8 Å². The summed E-state index contributed by atoms with van der Waals surface area (Å²) in [5.41, 5.74) is 5.93. The van der Waals surface area contributed by atoms with Gasteiger partial charge >= 0.3 is 5.97 Å². The summed E-state index contributed by atoms with van der Waals surface area (Å²) in [6.07, 6.45) is 2.00. The lowest BCUT2D eigenvalue weighted by molar-refractivity contribution is -0.00458. The summed E-state index contributed by atoms with van der Waals surface area (Å²) in [5.74, 6) is -0.206. The normalized spacial score (nSPS) is 23.4. The number of carbonyl (C=O) groups is 1. The number of ether oxygens (including phenoxy) is 2. The van der Waals surface area contributed by atoms with Gasteiger partial charge in [-0.05, 0) is 31.3 Å². The highest BCUT2D eigenvalue weighted by Gasteiger charge is 2.34. The topological polar surface area (TPSA) is 77.7 Å². The van der Waals surface area contributed by atoms with Gasteiger partial charge in [-0.25, -0.2) is 4.79 Å². The molecule has 1 fully saturated rings. The number of nitrogens with two attached hydrogens (primary N) is 1. The van der Waals surface area contributed by atoms with E-state index in [1.54, 1.807) is 7.11 Å². The van der Waals surface area contributed by atoms with Crippen LogP contribution in [0.3, 0.4) is 0 Å². The maximum absolute atomic E-state index is 11.8. The molecular weight excluding hydrogens is 266 g/mol. The number of hydrogen-bond acceptors (Lipinski definition) is 7. The number of methoxy groups -OCH3 is 2. The van der Waals surface area contributed by atoms with Crippen molar-refractivity contribution in [2.45, 2.75) is 25.4 Å². The molecule has 1 aliphatic heterocycles. The van der Waals surface area contributed by atoms with Crippen molar-refractivity contribution in [2.75, 3.05) is 37.9 Å². The Morgan fingerprint density at radius 2 is 2.26 bits per heavy atom. The minimum Gasteiger partial charge on any atom is -0.465 e. The van der Waals surface area contributed by atoms with Crippen molar-refractivity contribution in [2.24, 2.45) is 0 Å². The smallest absolute Gasteiger partial charge is 0.344 e. The molecule has 1 aromatic rings. The van der Waals surface area contributed by atoms with Crippen molar-refractivity contribution in [3.8, 4) is 0 Å². The van der Waals surface area contributed by atoms with E-state index in [-0.39, 0.29) is 11.4 Å². The van der Waals surface area contributed by atoms with E-state index in [0.29, 0.717) is 5.56 Å². The molecule has 2 rings (SSSR count). The average molecular weight is 285 g/mol. The lowest BCUT2D eigenvalue weighted by atomic mass is 9.95. The number of carbonyl (C=O) groups excluding carboxylic acids is 1. The van der Waals surface area contributed by atoms with Crippen molar-refractivity contribution >= 4 is 28.3 Å². The number of nitrogen functional groups attached to an aromatic ring is 1. The van der Waals surface area contributed by atoms with E-state index in [2.05, 4.69) is 16.2 Å². The Balaban J connectivity index is 2.29. The molecule has 2 N–H and O–H groups in total. The zero-order valence-corrected chi connectivity index (χ0v) is 12.2. The SMILES string of the molecule is COC(=O)c1c(N)nsc1N1CCCC(C)(OC)C1. The lowest BCUT2D eigenvalue weighted by Gasteiger charge is -2.40. The predicted octanol–water partition coefficient (Wildman–Crippen LogP) is 1.52. The molecule has 0 spiro atoms. The Morgan fingerprint density at radius 1 is 1.53 bits per heavy atom. The van der Waals surface area contributed by atoms with Crippen LogP contribution in [-0.4, -0.2) is 43.3 Å². The van der Waals surface area contributed by atoms with Crippen LogP contribution in [0.15, 0.2) is 0 Å². The van der Waals surface area contributed by atoms with Gasteiger partial charge in [-0.1, -0.05) is 0 Å². The molecule has 1 saturated heterocycles. The van der Waals surface area contributed by atoms with Gasteiger partial charge in [0.1, 0.15) is 10.6 Å². The number of nitrogens with zero attached hydrogens (tertiary/aromatic N) is 2. The molecule has 7 heteroatoms. The number of rotatable bonds is 3. The molecule has 2 heterocycles. The fraction of sp³-hybridized carbons (Fsp3) is 0.667. The van der Waals surface area contributed by atoms with Crippen LogP contribution in [0.2, 0.25) is 0 Å². The summed E-state index contributed by atoms with van der Waals surface area (Å²) < 4.78 is 14.4. The van der Waals surface area contributed by atoms with E-state index >= 15 is 0 Å². The van der Waals surface area contributed by atoms with Gasteiger partial charge in [-0.15, -0.1) is 0 Å². The van der Waals surface area contributed by atoms with Gasteiger partial charge in [0.15, 0.2) is 5.82 Å². The van der Waals surface area contributed by atoms with Crippen molar-refractivity contribution in [3.05, 3.63) is 5.56 Å². The Hall–Kier alpha value is -1.34. The first-order valence-electron chi connectivity index (χ1n) is 6.14. The van der Waals surface area contributed by atoms with Gasteiger partial charge in [-0.2, -0.15) is 4.37 Å². The van der Waals surface area contributed by atoms with Gasteiger partial charge in [0, 0.05) is 20.2 Å². The van der Waals surface area contributed by atoms with Crippen molar-refractivity contribution in [1.29, 1.82) is 0 Å². The average Bonchev–Trinajstić information content (AvgIpc) is 2.80. The Labute approximate surface area is 116 Å². The van der Waals surface area contributed by atoms with Crippen LogP contribution in [-0.2, 0) is 9.47 Å². The van der Waals surface area contributed by atoms with Gasteiger partial charge in [0.25, 0.3) is 0 Å². The van der Waals surface area contributed by atoms with Crippen molar-refractivity contribution < 1.29 is 14.3 Å². The molecule has 1 aromatic heterocycles. The van der Waals surface area contributed by atoms with E-state index in [9.17, 15) is 4.79 Å². The second kappa shape index (κ2) is 5.34. The molecule has 19 heavy (non-hydrogen) atoms. The molecule has 0 amide bonds. The van der Waals surface area contributed by atoms with Crippen LogP contribution in [0.1, 0.15) is 30.1 Å². The van der Waals surface area contributed by atoms with Crippen LogP contribution in [0.25, 0.3) is 0 Å². The van der Waals surface area contributed by atoms with E-state index in [0.717, 1.165) is 30.9 Å². The molecule has 0 radical (unpaired) electrons. The summed E-state index contributed by atoms with van der Waals surface area (Å²) in [5, 5.41) is 0.771. The first kappa shape index (κ1) is 14.1. The zero-order chi connectivity index (χ0) is 14.0. The highest BCUT2D eigenvalue weighted by Crippen LogP contribution is 2.35. The van der Waals surface area contributed by atoms with Gasteiger partial charge in [0.05, 0.1) is 12.7 Å². The quantitative estimate of drug-likeness (QED) is 0.848. The second-order valence-corrected chi connectivity index (χ2v) is 5.67. The van der Waals surface area contributed by atoms with Gasteiger partial charge in [0.2, 0.25) is 0 Å². The maximum atomic E-state index is 11.8. The fourth-order valence-corrected chi connectivity index (χ4v) is 3.18. The minimum absolute atomic E-state index is 0.204. The second-order valence-electron chi connectivity index (χ2n) is 4.92. The summed E-state index contributed by atoms with van der Waals surface area (Å²) >= 11 is 1.23. The highest BCUT2D eigenvalue weighted by atomic mass is 32.1. The van der Waals surface area contributed by atoms with Gasteiger partial charge < -0.3 is 20.1 Å². The summed E-state index contributed by atoms with van der Waals surface area (Å²) in [7, 11) is 3.06. The molecule has 0 bridgehead atoms. The Morgan fingerprint density at radius 3 is 2.89 bits per heavy atom. The Bertz CT molecular complexity index is 477. The third-order valence-corrected chi connectivity index (χ3v) is 4.45. The summed E-state index contributed by atoms with van der Waals surface area (Å²) in [6.45, 7) is 3.65. The largest absolute Gasteiger partial charge is 0.465 e. The summed E-state index contributed by atoms with van der Waals surface area (Å²) in [6, 6.07) is 0. The van der Waals surface area contributed by atoms with E-state index in [1.165, 1.54) is 18.6 Å². The number of piperidine rings is 1. The zero-order valence-electron chi connectivity index (χ0n) is 11.4. The number of hydrogen-bond donors (Lipinski definition) is 1. The molecule has 0 saturated carbocycles. The number of aromatic nitrogens is 1. The molecule has 1 aliphatic rings. The van der Waals surface area contributed by atoms with Crippen LogP contribution < -0.4 is 10.6 Å². The molecule has 6 nitrogen and oxygen atoms in total. The van der Waals surface area contributed by atoms with Crippen LogP contribution in [0.5, 0.6) is 0 Å². The maximum Gasteiger partial charge on any atom is 0.344 e. The van der Waals surface area contributed by atoms with E-state index < -0.39 is 5.97 Å². The molecular formula is C12H19N3O3S. The molecule has 0 aromatic carbocycles. The predicted molar refractivity (Wildman–Crippen MR) is 74.7 cm³/mol. The van der Waals surface area contributed by atoms with Crippen LogP contribution >= 0.6 is 11.5 Å². The van der Waals surface area contributed by atoms with E-state index in [4.69, 9.17) is 15.2 Å². The van der Waals surface area contributed by atoms with Gasteiger partial charge in [-0.3, -0.25) is 0 Å². The number of anilines is 2. The molecule has 0 aliphatic carbocycles. The lowest BCUT2D eigenvalue weighted by Crippen LogP contribution is -2.47. The Kier molecular flexibility index (Phi) is 3.96. The molecule has 1 unspecified atom stereocenters. The first-order chi connectivity index (χ1) is 9.00. The third-order valence-electron chi connectivity index (χ3n) is 3.53. The monoisotopic (exact) mass is 285 g/mol. The highest BCUT2D eigenvalue weighted by molar-refractivity contribution is 7.11. The first-order valence-corrected chi connectivity index (χ1v) is 6.91. The number of esters is 1. The van der Waals surface area contributed by atoms with Crippen molar-refractivity contribution in [3.63, 3.8) is 0 Å².